The van der Waals surface area contributed by atoms with Crippen molar-refractivity contribution in [1.29, 1.82) is 0 Å². The van der Waals surface area contributed by atoms with E-state index >= 15 is 0 Å². The number of aromatic amines is 4. The van der Waals surface area contributed by atoms with Crippen LogP contribution in [0.15, 0.2) is 129 Å². The topological polar surface area (TPSA) is 347 Å². The first-order valence-electron chi connectivity index (χ1n) is 39.5. The number of amides is 4. The zero-order valence-electron chi connectivity index (χ0n) is 64.7. The van der Waals surface area contributed by atoms with Crippen LogP contribution in [0.25, 0.3) is 89.7 Å². The molecule has 3 saturated heterocycles. The highest BCUT2D eigenvalue weighted by atomic mass is 35.5. The molecular formula is C81H83Cl4F9N24O4. The molecule has 28 nitrogen and oxygen atoms in total. The van der Waals surface area contributed by atoms with Gasteiger partial charge in [0.1, 0.15) is 77.3 Å². The van der Waals surface area contributed by atoms with E-state index in [0.29, 0.717) is 120 Å². The second-order valence-electron chi connectivity index (χ2n) is 30.7. The zero-order chi connectivity index (χ0) is 85.4. The van der Waals surface area contributed by atoms with Gasteiger partial charge in [-0.1, -0.05) is 77.8 Å². The van der Waals surface area contributed by atoms with E-state index in [0.717, 1.165) is 96.4 Å². The van der Waals surface area contributed by atoms with E-state index in [4.69, 9.17) is 56.4 Å². The number of nitrogens with zero attached hydrogens (tertiary/aromatic N) is 16. The summed E-state index contributed by atoms with van der Waals surface area (Å²) in [6.45, 7) is 1.35. The number of pyridine rings is 4. The standard InChI is InChI=1S/C21H20ClF3N6O.C21H21ClF2N6O.C21H23ClN6O.C18H13ClF4N6O.3H2/c22-12-6-14-15(8-28-18(14)27-7-12)19-26-5-4-16(30-19)31-9-11-2-1-3-13(11)17(31)20(32)29-10-21(23,24)25;22-12-6-14-15(8-27-19(14)26-7-12)20-25-5-4-17(29-20)30-10-11-2-1-3-13(11)18(30)21(31)28-9-16(23)24;1-2-23-21(29)18-14-5-3-4-12(14)11-28(18)17-6-7-24-20(27-17)16-10-26-19-15(16)8-13(22)9-25-19;19-9-4-10-11(6-25-14(10)24-5-9)15-26-7-12(20)16(28-15)29-3-1-2-13(29)17(30)27-8-18(21,22)23;;;/h4-8,11,13,17H,1-3,9-10H2,(H,27,28)(H,29,32);4-8,11,13,16,18H,1-3,9-10H2,(H,26,27)(H,28,31);6-10,12,14,18H,2-5,11H2,1H3,(H,23,29)(H,25,26);1-2,4-7,13H,3,8H2,(H,24,25)(H,27,30);3*1H/t11-,13-,17-;11-,13-,18-;12-,14-,18-;13-;;;/m1111.../s1. The maximum absolute atomic E-state index is 14.5. The van der Waals surface area contributed by atoms with Crippen molar-refractivity contribution in [2.24, 2.45) is 35.5 Å². The largest absolute Gasteiger partial charge is 0.405 e. The molecule has 3 saturated carbocycles. The number of aromatic nitrogens is 16. The van der Waals surface area contributed by atoms with E-state index in [2.05, 4.69) is 90.6 Å². The molecule has 41 heteroatoms. The first kappa shape index (κ1) is 84.1. The average Bonchev–Trinajstić information content (AvgIpc) is 1.62. The van der Waals surface area contributed by atoms with Gasteiger partial charge in [-0.15, -0.1) is 0 Å². The van der Waals surface area contributed by atoms with Crippen LogP contribution in [0.4, 0.5) is 62.8 Å². The Morgan fingerprint density at radius 2 is 0.820 bits per heavy atom. The number of hydrogen-bond acceptors (Lipinski definition) is 20. The molecule has 122 heavy (non-hydrogen) atoms. The molecule has 3 aliphatic carbocycles. The summed E-state index contributed by atoms with van der Waals surface area (Å²) in [4.78, 5) is 123. The summed E-state index contributed by atoms with van der Waals surface area (Å²) in [5.41, 5.74) is 5.40. The Kier molecular flexibility index (Phi) is 24.4. The number of likely N-dealkylation sites (N-methyl/N-ethyl adjacent to an activating group) is 1. The summed E-state index contributed by atoms with van der Waals surface area (Å²) in [6.07, 6.45) is 19.7. The van der Waals surface area contributed by atoms with Crippen molar-refractivity contribution in [3.05, 3.63) is 155 Å². The van der Waals surface area contributed by atoms with E-state index < -0.39 is 74.2 Å². The molecule has 8 N–H and O–H groups in total. The molecule has 4 aliphatic heterocycles. The van der Waals surface area contributed by atoms with Gasteiger partial charge in [-0.3, -0.25) is 19.2 Å². The SMILES string of the molecule is CCNC(=O)[C@H]1[C@@H]2CCC[C@@H]2CN1c1ccnc(-c2c[nH]c3ncc(Cl)cc23)n1.O=C(NCC(F)(F)F)[C@H]1C=CCN1c1nc(-c2c[nH]c3ncc(Cl)cc23)ncc1F.O=C(NCC(F)(F)F)[C@H]1[C@@H]2CCC[C@@H]2CN1c1ccnc(-c2c[nH]c3ncc(Cl)cc23)n1.O=C(NCC(F)F)[C@H]1[C@@H]2CCC[C@@H]2CN1c1ccnc(-c2c[nH]c3ncc(Cl)cc23)n1.[HH].[HH].[HH]. The van der Waals surface area contributed by atoms with Gasteiger partial charge in [-0.05, 0) is 123 Å². The molecule has 12 aromatic heterocycles. The highest BCUT2D eigenvalue weighted by Crippen LogP contribution is 2.48. The van der Waals surface area contributed by atoms with Crippen LogP contribution in [0.3, 0.4) is 0 Å². The summed E-state index contributed by atoms with van der Waals surface area (Å²) in [6, 6.07) is 9.93. The van der Waals surface area contributed by atoms with Crippen molar-refractivity contribution in [1.82, 2.24) is 101 Å². The fraction of sp³-hybridized carbons (Fsp3) is 0.383. The van der Waals surface area contributed by atoms with Crippen molar-refractivity contribution in [2.75, 3.05) is 72.0 Å². The van der Waals surface area contributed by atoms with Crippen molar-refractivity contribution in [2.45, 2.75) is 108 Å². The van der Waals surface area contributed by atoms with Crippen LogP contribution in [0, 0.1) is 41.3 Å². The van der Waals surface area contributed by atoms with Gasteiger partial charge in [0.15, 0.2) is 34.9 Å². The summed E-state index contributed by atoms with van der Waals surface area (Å²) < 4.78 is 115. The Labute approximate surface area is 713 Å². The number of anilines is 4. The average molecular weight is 1770 g/mol. The molecule has 16 heterocycles. The Morgan fingerprint density at radius 1 is 0.467 bits per heavy atom. The van der Waals surface area contributed by atoms with Gasteiger partial charge in [-0.2, -0.15) is 26.3 Å². The van der Waals surface area contributed by atoms with E-state index in [1.165, 1.54) is 36.2 Å². The van der Waals surface area contributed by atoms with Crippen LogP contribution < -0.4 is 40.9 Å². The molecule has 0 spiro atoms. The number of rotatable bonds is 17. The van der Waals surface area contributed by atoms with Crippen molar-refractivity contribution < 1.29 is 63.0 Å². The lowest BCUT2D eigenvalue weighted by atomic mass is 9.93. The number of carbonyl (C=O) groups is 4. The molecule has 10 atom stereocenters. The molecule has 0 unspecified atom stereocenters. The number of H-pyrrole nitrogens is 4. The maximum atomic E-state index is 14.5. The van der Waals surface area contributed by atoms with E-state index in [1.54, 1.807) is 91.3 Å². The molecule has 642 valence electrons. The third-order valence-corrected chi connectivity index (χ3v) is 24.0. The molecule has 0 bridgehead atoms. The number of fused-ring (bicyclic) bond motifs is 7. The van der Waals surface area contributed by atoms with Crippen LogP contribution in [0.5, 0.6) is 0 Å². The Morgan fingerprint density at radius 3 is 1.18 bits per heavy atom. The quantitative estimate of drug-likeness (QED) is 0.0310. The smallest absolute Gasteiger partial charge is 0.355 e. The minimum atomic E-state index is -4.55. The van der Waals surface area contributed by atoms with Crippen LogP contribution in [0.2, 0.25) is 20.1 Å². The fourth-order valence-corrected chi connectivity index (χ4v) is 18.6. The van der Waals surface area contributed by atoms with Crippen molar-refractivity contribution in [3.63, 3.8) is 0 Å². The second-order valence-corrected chi connectivity index (χ2v) is 32.4. The lowest BCUT2D eigenvalue weighted by molar-refractivity contribution is -0.139. The van der Waals surface area contributed by atoms with Crippen LogP contribution in [-0.2, 0) is 19.2 Å². The summed E-state index contributed by atoms with van der Waals surface area (Å²) in [7, 11) is 0. The molecule has 19 rings (SSSR count). The second kappa shape index (κ2) is 35.5. The summed E-state index contributed by atoms with van der Waals surface area (Å²) >= 11 is 24.3. The van der Waals surface area contributed by atoms with Crippen molar-refractivity contribution in [3.8, 4) is 45.6 Å². The van der Waals surface area contributed by atoms with Crippen LogP contribution >= 0.6 is 46.4 Å². The van der Waals surface area contributed by atoms with E-state index in [9.17, 15) is 58.7 Å². The Bertz CT molecular complexity index is 5940. The third-order valence-electron chi connectivity index (χ3n) is 23.2. The molecule has 12 aromatic rings. The Balaban J connectivity index is 0.000000142. The van der Waals surface area contributed by atoms with Gasteiger partial charge < -0.3 is 60.8 Å². The number of nitrogens with one attached hydrogen (secondary N) is 8. The van der Waals surface area contributed by atoms with Crippen LogP contribution in [-0.4, -0.2) is 199 Å². The number of halogens is 13. The monoisotopic (exact) mass is 1770 g/mol. The van der Waals surface area contributed by atoms with Crippen molar-refractivity contribution >= 4 is 137 Å². The highest BCUT2D eigenvalue weighted by Gasteiger charge is 2.51. The van der Waals surface area contributed by atoms with Gasteiger partial charge in [0.05, 0.1) is 32.8 Å². The molecule has 6 fully saturated rings. The minimum absolute atomic E-state index is 0. The third kappa shape index (κ3) is 18.0. The molecular weight excluding hydrogens is 1690 g/mol. The van der Waals surface area contributed by atoms with Crippen LogP contribution in [0.1, 0.15) is 69.0 Å². The van der Waals surface area contributed by atoms with Gasteiger partial charge in [0.2, 0.25) is 23.6 Å². The lowest BCUT2D eigenvalue weighted by Gasteiger charge is -2.28. The first-order valence-corrected chi connectivity index (χ1v) is 41.0. The molecule has 0 radical (unpaired) electrons. The number of hydrogen-bond donors (Lipinski definition) is 8. The number of carbonyl (C=O) groups excluding carboxylic acids is 4. The maximum Gasteiger partial charge on any atom is 0.405 e. The summed E-state index contributed by atoms with van der Waals surface area (Å²) in [5.74, 6) is 2.49. The lowest BCUT2D eigenvalue weighted by Crippen LogP contribution is -2.48. The molecule has 7 aliphatic rings. The molecule has 0 aromatic carbocycles. The predicted molar refractivity (Wildman–Crippen MR) is 447 cm³/mol. The number of alkyl halides is 8. The highest BCUT2D eigenvalue weighted by molar-refractivity contribution is 6.32. The predicted octanol–water partition coefficient (Wildman–Crippen LogP) is 15.0. The van der Waals surface area contributed by atoms with Gasteiger partial charge in [0.25, 0.3) is 6.43 Å². The fourth-order valence-electron chi connectivity index (χ4n) is 18.0. The zero-order valence-corrected chi connectivity index (χ0v) is 67.7. The van der Waals surface area contributed by atoms with E-state index in [-0.39, 0.29) is 58.1 Å². The van der Waals surface area contributed by atoms with Gasteiger partial charge >= 0.3 is 12.4 Å². The molecule has 4 amide bonds. The van der Waals surface area contributed by atoms with Gasteiger partial charge in [-0.25, -0.2) is 73.0 Å². The Hall–Kier alpha value is -11.6. The van der Waals surface area contributed by atoms with Gasteiger partial charge in [0, 0.05) is 149 Å². The summed E-state index contributed by atoms with van der Waals surface area (Å²) in [5, 5.41) is 14.3. The normalized spacial score (nSPS) is 21.5. The van der Waals surface area contributed by atoms with E-state index in [1.807, 2.05) is 35.1 Å². The first-order chi connectivity index (χ1) is 58.7. The minimum Gasteiger partial charge on any atom is -0.355 e.